The van der Waals surface area contributed by atoms with Gasteiger partial charge in [0.15, 0.2) is 0 Å². The van der Waals surface area contributed by atoms with Crippen LogP contribution in [-0.2, 0) is 9.53 Å². The van der Waals surface area contributed by atoms with E-state index < -0.39 is 5.60 Å². The smallest absolute Gasteiger partial charge is 0.316 e. The van der Waals surface area contributed by atoms with Crippen molar-refractivity contribution >= 4 is 23.7 Å². The summed E-state index contributed by atoms with van der Waals surface area (Å²) in [5.74, 6) is 3.30. The van der Waals surface area contributed by atoms with Gasteiger partial charge in [0.2, 0.25) is 5.91 Å². The fourth-order valence-electron chi connectivity index (χ4n) is 10.00. The first kappa shape index (κ1) is 36.8. The fraction of sp³-hybridized carbons (Fsp3) is 0.846. The zero-order valence-electron chi connectivity index (χ0n) is 29.9. The average molecular weight is 672 g/mol. The molecular weight excluding hydrogens is 607 g/mol. The number of ether oxygens (including phenoxy) is 1. The van der Waals surface area contributed by atoms with Crippen molar-refractivity contribution in [2.24, 2.45) is 29.1 Å². The van der Waals surface area contributed by atoms with Gasteiger partial charge in [-0.05, 0) is 132 Å². The fourth-order valence-corrected chi connectivity index (χ4v) is 11.6. The van der Waals surface area contributed by atoms with Crippen molar-refractivity contribution in [3.8, 4) is 0 Å². The second-order valence-corrected chi connectivity index (χ2v) is 18.1. The van der Waals surface area contributed by atoms with Gasteiger partial charge in [-0.15, -0.1) is 11.8 Å². The molecule has 3 aliphatic carbocycles. The number of carbonyl (C=O) groups is 2. The average Bonchev–Trinajstić information content (AvgIpc) is 3.66. The van der Waals surface area contributed by atoms with E-state index in [1.54, 1.807) is 0 Å². The predicted molar refractivity (Wildman–Crippen MR) is 193 cm³/mol. The summed E-state index contributed by atoms with van der Waals surface area (Å²) in [4.78, 5) is 23.8. The number of amides is 3. The maximum absolute atomic E-state index is 12.4. The van der Waals surface area contributed by atoms with Gasteiger partial charge in [-0.25, -0.2) is 4.79 Å². The Kier molecular flexibility index (Phi) is 12.9. The number of thioether (sulfide) groups is 1. The third-order valence-corrected chi connectivity index (χ3v) is 14.1. The number of rotatable bonds is 16. The molecule has 0 spiro atoms. The van der Waals surface area contributed by atoms with Gasteiger partial charge in [-0.1, -0.05) is 51.3 Å². The van der Waals surface area contributed by atoms with E-state index in [0.717, 1.165) is 81.5 Å². The minimum Gasteiger partial charge on any atom is -0.390 e. The largest absolute Gasteiger partial charge is 0.390 e. The second-order valence-electron chi connectivity index (χ2n) is 16.7. The number of urea groups is 1. The molecule has 5 aliphatic rings. The van der Waals surface area contributed by atoms with Gasteiger partial charge < -0.3 is 25.8 Å². The molecule has 5 rings (SSSR count). The molecule has 0 bridgehead atoms. The highest BCUT2D eigenvalue weighted by Gasteiger charge is 2.52. The van der Waals surface area contributed by atoms with E-state index in [2.05, 4.69) is 42.5 Å². The van der Waals surface area contributed by atoms with Crippen LogP contribution in [0.15, 0.2) is 23.8 Å². The normalized spacial score (nSPS) is 35.3. The van der Waals surface area contributed by atoms with Crippen LogP contribution < -0.4 is 16.0 Å². The first-order valence-electron chi connectivity index (χ1n) is 19.1. The molecule has 7 nitrogen and oxygen atoms in total. The molecule has 0 aromatic rings. The summed E-state index contributed by atoms with van der Waals surface area (Å²) in [7, 11) is 0. The Morgan fingerprint density at radius 3 is 2.83 bits per heavy atom. The molecule has 5 fully saturated rings. The zero-order valence-corrected chi connectivity index (χ0v) is 30.7. The molecule has 3 saturated carbocycles. The number of fused-ring (bicyclic) bond motifs is 2. The molecule has 4 unspecified atom stereocenters. The minimum absolute atomic E-state index is 0.0542. The van der Waals surface area contributed by atoms with Crippen molar-refractivity contribution in [3.63, 3.8) is 0 Å². The molecule has 0 radical (unpaired) electrons. The van der Waals surface area contributed by atoms with Gasteiger partial charge in [-0.3, -0.25) is 4.79 Å². The molecular formula is C39H65N3O4S. The standard InChI is InChI=1S/C39H65N3O4S/c1-26-14-17-30(46-23-9-22-40-35(43)13-6-12-31-25-34-36(47-31)42-37(44)41-34)24-29(26)16-15-28-11-8-21-39(5)32(18-19-33(28)39)27(2)10-7-20-38(3,4)45/h16,27-28,30-34,36,45H,1,6-15,17-25H2,2-5H3,(H,40,43)(H2,41,42,44)/b29-16-/t27-,28?,30+,31?,32?,33?,34-,36+,39-/m1/s1. The Labute approximate surface area is 289 Å². The molecule has 9 atom stereocenters. The molecule has 4 N–H and O–H groups in total. The van der Waals surface area contributed by atoms with Crippen LogP contribution in [0.5, 0.6) is 0 Å². The molecule has 2 saturated heterocycles. The first-order valence-corrected chi connectivity index (χ1v) is 20.1. The summed E-state index contributed by atoms with van der Waals surface area (Å²) < 4.78 is 6.32. The van der Waals surface area contributed by atoms with Crippen LogP contribution in [0.4, 0.5) is 4.79 Å². The van der Waals surface area contributed by atoms with E-state index in [1.807, 2.05) is 25.6 Å². The van der Waals surface area contributed by atoms with Gasteiger partial charge in [0.1, 0.15) is 0 Å². The number of hydrogen-bond donors (Lipinski definition) is 4. The lowest BCUT2D eigenvalue weighted by Crippen LogP contribution is -2.39. The van der Waals surface area contributed by atoms with Crippen molar-refractivity contribution < 1.29 is 19.4 Å². The van der Waals surface area contributed by atoms with E-state index in [4.69, 9.17) is 4.74 Å². The van der Waals surface area contributed by atoms with Crippen LogP contribution in [0.2, 0.25) is 0 Å². The highest BCUT2D eigenvalue weighted by Crippen LogP contribution is 2.60. The molecule has 2 heterocycles. The lowest BCUT2D eigenvalue weighted by molar-refractivity contribution is -0.121. The molecule has 266 valence electrons. The van der Waals surface area contributed by atoms with E-state index >= 15 is 0 Å². The van der Waals surface area contributed by atoms with Crippen LogP contribution in [0.25, 0.3) is 0 Å². The minimum atomic E-state index is -0.549. The van der Waals surface area contributed by atoms with Crippen molar-refractivity contribution in [3.05, 3.63) is 23.8 Å². The Morgan fingerprint density at radius 2 is 2.04 bits per heavy atom. The maximum atomic E-state index is 12.4. The third kappa shape index (κ3) is 10.0. The van der Waals surface area contributed by atoms with Crippen molar-refractivity contribution in [2.45, 2.75) is 165 Å². The lowest BCUT2D eigenvalue weighted by atomic mass is 9.58. The van der Waals surface area contributed by atoms with E-state index in [0.29, 0.717) is 30.2 Å². The van der Waals surface area contributed by atoms with Gasteiger partial charge in [0, 0.05) is 24.8 Å². The number of nitrogens with one attached hydrogen (secondary N) is 3. The molecule has 0 aromatic heterocycles. The maximum Gasteiger partial charge on any atom is 0.316 e. The molecule has 2 aliphatic heterocycles. The number of carbonyl (C=O) groups excluding carboxylic acids is 2. The molecule has 47 heavy (non-hydrogen) atoms. The Hall–Kier alpha value is -1.51. The first-order chi connectivity index (χ1) is 22.4. The van der Waals surface area contributed by atoms with Gasteiger partial charge in [0.05, 0.1) is 23.1 Å². The molecule has 0 aromatic carbocycles. The number of allylic oxidation sites excluding steroid dienone is 2. The topological polar surface area (TPSA) is 99.7 Å². The SMILES string of the molecule is C=C1CC[C@H](OCCCNC(=O)CCCC2C[C@H]3NC(=O)N[C@H]3S2)C/C1=C/CC1CCC[C@@]2(C)C1CCC2[C@H](C)CCCC(C)(C)O. The molecule has 8 heteroatoms. The number of hydrogen-bond acceptors (Lipinski definition) is 5. The van der Waals surface area contributed by atoms with Crippen molar-refractivity contribution in [1.82, 2.24) is 16.0 Å². The van der Waals surface area contributed by atoms with Crippen LogP contribution in [0.3, 0.4) is 0 Å². The van der Waals surface area contributed by atoms with E-state index in [1.165, 1.54) is 56.1 Å². The van der Waals surface area contributed by atoms with E-state index in [9.17, 15) is 14.7 Å². The highest BCUT2D eigenvalue weighted by atomic mass is 32.2. The van der Waals surface area contributed by atoms with Crippen LogP contribution in [-0.4, -0.2) is 58.6 Å². The second kappa shape index (κ2) is 16.5. The summed E-state index contributed by atoms with van der Waals surface area (Å²) in [6.45, 7) is 14.8. The molecule has 3 amide bonds. The summed E-state index contributed by atoms with van der Waals surface area (Å²) in [5, 5.41) is 19.9. The summed E-state index contributed by atoms with van der Waals surface area (Å²) in [6, 6.07) is 0.186. The van der Waals surface area contributed by atoms with Crippen molar-refractivity contribution in [2.75, 3.05) is 13.2 Å². The van der Waals surface area contributed by atoms with Crippen LogP contribution >= 0.6 is 11.8 Å². The summed E-state index contributed by atoms with van der Waals surface area (Å²) >= 11 is 1.83. The van der Waals surface area contributed by atoms with Crippen molar-refractivity contribution in [1.29, 1.82) is 0 Å². The Bertz CT molecular complexity index is 1100. The van der Waals surface area contributed by atoms with Gasteiger partial charge in [-0.2, -0.15) is 0 Å². The van der Waals surface area contributed by atoms with Gasteiger partial charge in [0.25, 0.3) is 0 Å². The van der Waals surface area contributed by atoms with E-state index in [-0.39, 0.29) is 29.5 Å². The summed E-state index contributed by atoms with van der Waals surface area (Å²) in [5.41, 5.74) is 2.65. The van der Waals surface area contributed by atoms with Crippen LogP contribution in [0.1, 0.15) is 137 Å². The number of aliphatic hydroxyl groups is 1. The summed E-state index contributed by atoms with van der Waals surface area (Å²) in [6.07, 6.45) is 21.4. The predicted octanol–water partition coefficient (Wildman–Crippen LogP) is 8.03. The Morgan fingerprint density at radius 1 is 1.21 bits per heavy atom. The third-order valence-electron chi connectivity index (χ3n) is 12.6. The lowest BCUT2D eigenvalue weighted by Gasteiger charge is -2.47. The Balaban J connectivity index is 0.975. The van der Waals surface area contributed by atoms with Crippen LogP contribution in [0, 0.1) is 29.1 Å². The van der Waals surface area contributed by atoms with Gasteiger partial charge >= 0.3 is 6.03 Å². The zero-order chi connectivity index (χ0) is 33.6. The quantitative estimate of drug-likeness (QED) is 0.125. The monoisotopic (exact) mass is 671 g/mol. The highest BCUT2D eigenvalue weighted by molar-refractivity contribution is 8.00.